The molecule has 0 fully saturated rings. The molecule has 1 atom stereocenters. The van der Waals surface area contributed by atoms with Crippen molar-refractivity contribution in [3.05, 3.63) is 35.9 Å². The van der Waals surface area contributed by atoms with Crippen molar-refractivity contribution >= 4 is 36.0 Å². The van der Waals surface area contributed by atoms with Crippen molar-refractivity contribution < 1.29 is 14.3 Å². The molecule has 0 aromatic heterocycles. The molecule has 8 heteroatoms. The summed E-state index contributed by atoms with van der Waals surface area (Å²) >= 11 is 0. The lowest BCUT2D eigenvalue weighted by Crippen LogP contribution is -2.54. The monoisotopic (exact) mass is 506 g/mol. The maximum absolute atomic E-state index is 12.0. The highest BCUT2D eigenvalue weighted by molar-refractivity contribution is 14.0. The summed E-state index contributed by atoms with van der Waals surface area (Å²) in [6.07, 6.45) is -0.529. The van der Waals surface area contributed by atoms with Crippen LogP contribution in [0.1, 0.15) is 46.3 Å². The van der Waals surface area contributed by atoms with Crippen molar-refractivity contribution in [2.45, 2.75) is 51.9 Å². The van der Waals surface area contributed by atoms with Gasteiger partial charge >= 0.3 is 6.09 Å². The lowest BCUT2D eigenvalue weighted by atomic mass is 10.1. The Labute approximate surface area is 186 Å². The topological polar surface area (TPSA) is 84.0 Å². The summed E-state index contributed by atoms with van der Waals surface area (Å²) in [5, 5.41) is 9.34. The first-order valence-electron chi connectivity index (χ1n) is 9.10. The molecule has 1 aromatic rings. The molecule has 28 heavy (non-hydrogen) atoms. The van der Waals surface area contributed by atoms with E-state index in [4.69, 9.17) is 9.47 Å². The van der Waals surface area contributed by atoms with Gasteiger partial charge in [0.2, 0.25) is 0 Å². The number of carbonyl (C=O) groups excluding carboxylic acids is 1. The fourth-order valence-corrected chi connectivity index (χ4v) is 2.34. The smallest absolute Gasteiger partial charge is 0.408 e. The van der Waals surface area contributed by atoms with E-state index in [1.807, 2.05) is 65.0 Å². The first kappa shape index (κ1) is 26.4. The van der Waals surface area contributed by atoms with Gasteiger partial charge in [-0.2, -0.15) is 0 Å². The molecule has 0 aliphatic carbocycles. The Morgan fingerprint density at radius 2 is 1.71 bits per heavy atom. The minimum absolute atomic E-state index is 0. The molecule has 0 radical (unpaired) electrons. The molecule has 1 amide bonds. The Kier molecular flexibility index (Phi) is 11.4. The zero-order chi connectivity index (χ0) is 20.5. The molecule has 3 N–H and O–H groups in total. The first-order chi connectivity index (χ1) is 12.6. The first-order valence-corrected chi connectivity index (χ1v) is 9.10. The van der Waals surface area contributed by atoms with Crippen LogP contribution in [0.3, 0.4) is 0 Å². The van der Waals surface area contributed by atoms with Crippen molar-refractivity contribution in [1.82, 2.24) is 16.0 Å². The van der Waals surface area contributed by atoms with E-state index < -0.39 is 17.2 Å². The SMILES string of the molecule is CN=C(NCC(OC)c1ccccc1)NCC(C)(C)NC(=O)OC(C)(C)C.I. The summed E-state index contributed by atoms with van der Waals surface area (Å²) < 4.78 is 10.9. The summed E-state index contributed by atoms with van der Waals surface area (Å²) in [4.78, 5) is 16.2. The Morgan fingerprint density at radius 3 is 2.21 bits per heavy atom. The zero-order valence-corrected chi connectivity index (χ0v) is 20.3. The fraction of sp³-hybridized carbons (Fsp3) is 0.600. The van der Waals surface area contributed by atoms with E-state index in [0.29, 0.717) is 19.0 Å². The number of ether oxygens (including phenoxy) is 2. The summed E-state index contributed by atoms with van der Waals surface area (Å²) in [6.45, 7) is 10.4. The van der Waals surface area contributed by atoms with Crippen LogP contribution in [0.2, 0.25) is 0 Å². The minimum Gasteiger partial charge on any atom is -0.444 e. The summed E-state index contributed by atoms with van der Waals surface area (Å²) in [6, 6.07) is 10.0. The molecule has 0 aliphatic rings. The van der Waals surface area contributed by atoms with Gasteiger partial charge in [-0.05, 0) is 40.2 Å². The van der Waals surface area contributed by atoms with Gasteiger partial charge < -0.3 is 25.4 Å². The number of nitrogens with zero attached hydrogens (tertiary/aromatic N) is 1. The number of nitrogens with one attached hydrogen (secondary N) is 3. The molecule has 0 heterocycles. The van der Waals surface area contributed by atoms with E-state index in [2.05, 4.69) is 20.9 Å². The molecular formula is C20H35IN4O3. The second-order valence-electron chi connectivity index (χ2n) is 7.95. The minimum atomic E-state index is -0.530. The highest BCUT2D eigenvalue weighted by Crippen LogP contribution is 2.14. The third-order valence-electron chi connectivity index (χ3n) is 3.67. The normalized spacial score (nSPS) is 13.2. The Morgan fingerprint density at radius 1 is 1.11 bits per heavy atom. The Balaban J connectivity index is 0.00000729. The number of hydrogen-bond acceptors (Lipinski definition) is 4. The van der Waals surface area contributed by atoms with Crippen LogP contribution in [-0.2, 0) is 9.47 Å². The third kappa shape index (κ3) is 10.7. The van der Waals surface area contributed by atoms with E-state index in [-0.39, 0.29) is 30.1 Å². The van der Waals surface area contributed by atoms with Gasteiger partial charge in [-0.1, -0.05) is 30.3 Å². The van der Waals surface area contributed by atoms with Crippen molar-refractivity contribution in [3.63, 3.8) is 0 Å². The maximum Gasteiger partial charge on any atom is 0.408 e. The molecule has 1 rings (SSSR count). The van der Waals surface area contributed by atoms with Crippen molar-refractivity contribution in [1.29, 1.82) is 0 Å². The number of methoxy groups -OCH3 is 1. The second-order valence-corrected chi connectivity index (χ2v) is 7.95. The molecule has 0 spiro atoms. The number of hydrogen-bond donors (Lipinski definition) is 3. The Hall–Kier alpha value is -1.55. The lowest BCUT2D eigenvalue weighted by Gasteiger charge is -2.29. The van der Waals surface area contributed by atoms with Crippen LogP contribution >= 0.6 is 24.0 Å². The van der Waals surface area contributed by atoms with Crippen LogP contribution in [0.5, 0.6) is 0 Å². The number of aliphatic imine (C=N–C) groups is 1. The van der Waals surface area contributed by atoms with Crippen LogP contribution in [0.4, 0.5) is 4.79 Å². The van der Waals surface area contributed by atoms with E-state index >= 15 is 0 Å². The lowest BCUT2D eigenvalue weighted by molar-refractivity contribution is 0.0474. The van der Waals surface area contributed by atoms with E-state index in [9.17, 15) is 4.79 Å². The average molecular weight is 506 g/mol. The van der Waals surface area contributed by atoms with Crippen molar-refractivity contribution in [2.75, 3.05) is 27.2 Å². The molecule has 1 aromatic carbocycles. The van der Waals surface area contributed by atoms with Crippen LogP contribution in [0.25, 0.3) is 0 Å². The molecule has 1 unspecified atom stereocenters. The summed E-state index contributed by atoms with van der Waals surface area (Å²) in [5.41, 5.74) is 0.0487. The second kappa shape index (κ2) is 12.1. The van der Waals surface area contributed by atoms with Crippen LogP contribution in [0, 0.1) is 0 Å². The summed E-state index contributed by atoms with van der Waals surface area (Å²) in [5.74, 6) is 0.632. The number of carbonyl (C=O) groups is 1. The maximum atomic E-state index is 12.0. The average Bonchev–Trinajstić information content (AvgIpc) is 2.56. The quantitative estimate of drug-likeness (QED) is 0.300. The number of guanidine groups is 1. The zero-order valence-electron chi connectivity index (χ0n) is 18.0. The van der Waals surface area contributed by atoms with Crippen LogP contribution in [-0.4, -0.2) is 50.4 Å². The van der Waals surface area contributed by atoms with Gasteiger partial charge in [-0.15, -0.1) is 24.0 Å². The van der Waals surface area contributed by atoms with Gasteiger partial charge in [-0.25, -0.2) is 4.79 Å². The predicted molar refractivity (Wildman–Crippen MR) is 124 cm³/mol. The van der Waals surface area contributed by atoms with Crippen LogP contribution < -0.4 is 16.0 Å². The van der Waals surface area contributed by atoms with Gasteiger partial charge in [-0.3, -0.25) is 4.99 Å². The highest BCUT2D eigenvalue weighted by atomic mass is 127. The predicted octanol–water partition coefficient (Wildman–Crippen LogP) is 3.46. The van der Waals surface area contributed by atoms with Gasteiger partial charge in [0.05, 0.1) is 11.6 Å². The number of halogens is 1. The van der Waals surface area contributed by atoms with Crippen molar-refractivity contribution in [3.8, 4) is 0 Å². The number of rotatable bonds is 7. The van der Waals surface area contributed by atoms with Crippen LogP contribution in [0.15, 0.2) is 35.3 Å². The fourth-order valence-electron chi connectivity index (χ4n) is 2.34. The standard InChI is InChI=1S/C20H34N4O3.HI/c1-19(2,3)27-18(25)24-20(4,5)14-23-17(21-6)22-13-16(26-7)15-11-9-8-10-12-15;/h8-12,16H,13-14H2,1-7H3,(H,24,25)(H2,21,22,23);1H. The number of benzene rings is 1. The molecule has 0 bridgehead atoms. The van der Waals surface area contributed by atoms with E-state index in [0.717, 1.165) is 5.56 Å². The van der Waals surface area contributed by atoms with E-state index in [1.54, 1.807) is 14.2 Å². The number of amides is 1. The largest absolute Gasteiger partial charge is 0.444 e. The molecule has 0 aliphatic heterocycles. The third-order valence-corrected chi connectivity index (χ3v) is 3.67. The summed E-state index contributed by atoms with van der Waals surface area (Å²) in [7, 11) is 3.39. The molecule has 7 nitrogen and oxygen atoms in total. The molecule has 160 valence electrons. The van der Waals surface area contributed by atoms with E-state index in [1.165, 1.54) is 0 Å². The van der Waals surface area contributed by atoms with Crippen molar-refractivity contribution in [2.24, 2.45) is 4.99 Å². The number of alkyl carbamates (subject to hydrolysis) is 1. The molecular weight excluding hydrogens is 471 g/mol. The van der Waals surface area contributed by atoms with Gasteiger partial charge in [0.15, 0.2) is 5.96 Å². The molecule has 0 saturated carbocycles. The van der Waals surface area contributed by atoms with Gasteiger partial charge in [0.1, 0.15) is 5.60 Å². The molecule has 0 saturated heterocycles. The Bertz CT molecular complexity index is 616. The van der Waals surface area contributed by atoms with Gasteiger partial charge in [0.25, 0.3) is 0 Å². The highest BCUT2D eigenvalue weighted by Gasteiger charge is 2.24. The van der Waals surface area contributed by atoms with Gasteiger partial charge in [0, 0.05) is 27.2 Å².